The van der Waals surface area contributed by atoms with E-state index in [4.69, 9.17) is 9.47 Å². The third kappa shape index (κ3) is 10.7. The summed E-state index contributed by atoms with van der Waals surface area (Å²) in [5.41, 5.74) is 1.88. The van der Waals surface area contributed by atoms with Gasteiger partial charge in [0.1, 0.15) is 5.75 Å². The first-order chi connectivity index (χ1) is 15.2. The third-order valence-electron chi connectivity index (χ3n) is 5.77. The number of benzene rings is 1. The molecule has 0 amide bonds. The Balaban J connectivity index is 1.60. The minimum Gasteiger partial charge on any atom is -0.493 e. The Kier molecular flexibility index (Phi) is 12.7. The van der Waals surface area contributed by atoms with Crippen LogP contribution in [0.4, 0.5) is 0 Å². The quantitative estimate of drug-likeness (QED) is 0.241. The molecule has 0 aliphatic heterocycles. The fourth-order valence-corrected chi connectivity index (χ4v) is 3.40. The van der Waals surface area contributed by atoms with Crippen molar-refractivity contribution >= 4 is 0 Å². The molecule has 1 aromatic carbocycles. The van der Waals surface area contributed by atoms with Crippen LogP contribution in [-0.4, -0.2) is 23.4 Å². The summed E-state index contributed by atoms with van der Waals surface area (Å²) in [6.07, 6.45) is 14.4. The van der Waals surface area contributed by atoms with E-state index < -0.39 is 0 Å². The molecule has 0 bridgehead atoms. The second kappa shape index (κ2) is 15.7. The van der Waals surface area contributed by atoms with Gasteiger partial charge >= 0.3 is 0 Å². The molecule has 1 heterocycles. The van der Waals surface area contributed by atoms with E-state index in [1.807, 2.05) is 36.4 Å². The van der Waals surface area contributed by atoms with Gasteiger partial charge in [0.2, 0.25) is 5.88 Å². The molecular formula is C27H42N2O2. The molecule has 0 N–H and O–H groups in total. The normalized spacial score (nSPS) is 12.0. The number of nitrogens with zero attached hydrogens (tertiary/aromatic N) is 2. The standard InChI is InChI=1S/C27H42N2O2/c1-4-6-7-8-9-10-11-12-13-14-21-30-27-20-19-26(28-29-27)24-15-17-25(18-16-24)31-22-23(3)5-2/h15-20,23H,4-14,21-22H2,1-3H3. The van der Waals surface area contributed by atoms with Crippen LogP contribution in [0, 0.1) is 5.92 Å². The van der Waals surface area contributed by atoms with E-state index in [2.05, 4.69) is 31.0 Å². The fraction of sp³-hybridized carbons (Fsp3) is 0.630. The maximum atomic E-state index is 5.82. The van der Waals surface area contributed by atoms with Crippen molar-refractivity contribution in [3.8, 4) is 22.9 Å². The second-order valence-corrected chi connectivity index (χ2v) is 8.64. The predicted molar refractivity (Wildman–Crippen MR) is 130 cm³/mol. The Labute approximate surface area is 189 Å². The number of hydrogen-bond donors (Lipinski definition) is 0. The monoisotopic (exact) mass is 426 g/mol. The van der Waals surface area contributed by atoms with Gasteiger partial charge in [-0.3, -0.25) is 0 Å². The molecule has 31 heavy (non-hydrogen) atoms. The Hall–Kier alpha value is -2.10. The van der Waals surface area contributed by atoms with Crippen LogP contribution in [0.3, 0.4) is 0 Å². The molecular weight excluding hydrogens is 384 g/mol. The van der Waals surface area contributed by atoms with Gasteiger partial charge in [0.05, 0.1) is 18.9 Å². The molecule has 0 saturated heterocycles. The fourth-order valence-electron chi connectivity index (χ4n) is 3.40. The second-order valence-electron chi connectivity index (χ2n) is 8.64. The molecule has 0 fully saturated rings. The van der Waals surface area contributed by atoms with Crippen LogP contribution in [0.5, 0.6) is 11.6 Å². The zero-order valence-corrected chi connectivity index (χ0v) is 19.9. The van der Waals surface area contributed by atoms with Crippen molar-refractivity contribution in [3.63, 3.8) is 0 Å². The number of aromatic nitrogens is 2. The number of ether oxygens (including phenoxy) is 2. The van der Waals surface area contributed by atoms with E-state index in [0.717, 1.165) is 36.5 Å². The molecule has 0 spiro atoms. The molecule has 1 unspecified atom stereocenters. The highest BCUT2D eigenvalue weighted by Crippen LogP contribution is 2.22. The van der Waals surface area contributed by atoms with Crippen LogP contribution in [0.25, 0.3) is 11.3 Å². The van der Waals surface area contributed by atoms with Gasteiger partial charge in [-0.1, -0.05) is 85.0 Å². The largest absolute Gasteiger partial charge is 0.493 e. The topological polar surface area (TPSA) is 44.2 Å². The molecule has 4 nitrogen and oxygen atoms in total. The highest BCUT2D eigenvalue weighted by atomic mass is 16.5. The average Bonchev–Trinajstić information content (AvgIpc) is 2.81. The van der Waals surface area contributed by atoms with Crippen LogP contribution in [0.15, 0.2) is 36.4 Å². The lowest BCUT2D eigenvalue weighted by molar-refractivity contribution is 0.256. The lowest BCUT2D eigenvalue weighted by Gasteiger charge is -2.11. The first-order valence-corrected chi connectivity index (χ1v) is 12.4. The Morgan fingerprint density at radius 3 is 1.94 bits per heavy atom. The molecule has 0 saturated carbocycles. The van der Waals surface area contributed by atoms with Gasteiger partial charge in [0, 0.05) is 11.6 Å². The Morgan fingerprint density at radius 1 is 0.710 bits per heavy atom. The van der Waals surface area contributed by atoms with Gasteiger partial charge in [0.15, 0.2) is 0 Å². The van der Waals surface area contributed by atoms with E-state index in [1.165, 1.54) is 57.8 Å². The minimum absolute atomic E-state index is 0.568. The molecule has 0 aliphatic rings. The average molecular weight is 427 g/mol. The van der Waals surface area contributed by atoms with E-state index in [0.29, 0.717) is 18.4 Å². The van der Waals surface area contributed by atoms with Gasteiger partial charge < -0.3 is 9.47 Å². The maximum absolute atomic E-state index is 5.82. The van der Waals surface area contributed by atoms with E-state index in [9.17, 15) is 0 Å². The SMILES string of the molecule is CCCCCCCCCCCCOc1ccc(-c2ccc(OCC(C)CC)cc2)nn1. The smallest absolute Gasteiger partial charge is 0.233 e. The van der Waals surface area contributed by atoms with Crippen molar-refractivity contribution < 1.29 is 9.47 Å². The van der Waals surface area contributed by atoms with Crippen molar-refractivity contribution in [2.24, 2.45) is 5.92 Å². The van der Waals surface area contributed by atoms with E-state index in [1.54, 1.807) is 0 Å². The Morgan fingerprint density at radius 2 is 1.35 bits per heavy atom. The number of hydrogen-bond acceptors (Lipinski definition) is 4. The zero-order chi connectivity index (χ0) is 22.2. The van der Waals surface area contributed by atoms with Crippen LogP contribution in [0.2, 0.25) is 0 Å². The lowest BCUT2D eigenvalue weighted by Crippen LogP contribution is -2.07. The lowest BCUT2D eigenvalue weighted by atomic mass is 10.1. The summed E-state index contributed by atoms with van der Waals surface area (Å²) in [5.74, 6) is 2.07. The Bertz CT molecular complexity index is 685. The van der Waals surface area contributed by atoms with Crippen molar-refractivity contribution in [3.05, 3.63) is 36.4 Å². The van der Waals surface area contributed by atoms with Crippen LogP contribution in [-0.2, 0) is 0 Å². The number of unbranched alkanes of at least 4 members (excludes halogenated alkanes) is 9. The molecule has 1 aromatic heterocycles. The summed E-state index contributed by atoms with van der Waals surface area (Å²) < 4.78 is 11.6. The zero-order valence-electron chi connectivity index (χ0n) is 19.9. The van der Waals surface area contributed by atoms with Gasteiger partial charge in [-0.15, -0.1) is 10.2 Å². The highest BCUT2D eigenvalue weighted by molar-refractivity contribution is 5.59. The minimum atomic E-state index is 0.568. The molecule has 0 aliphatic carbocycles. The molecule has 0 radical (unpaired) electrons. The van der Waals surface area contributed by atoms with Crippen molar-refractivity contribution in [2.75, 3.05) is 13.2 Å². The molecule has 172 valence electrons. The van der Waals surface area contributed by atoms with Crippen LogP contribution < -0.4 is 9.47 Å². The summed E-state index contributed by atoms with van der Waals surface area (Å²) in [6.45, 7) is 8.11. The first kappa shape index (κ1) is 25.2. The summed E-state index contributed by atoms with van der Waals surface area (Å²) >= 11 is 0. The third-order valence-corrected chi connectivity index (χ3v) is 5.77. The molecule has 1 atom stereocenters. The first-order valence-electron chi connectivity index (χ1n) is 12.4. The number of rotatable bonds is 17. The van der Waals surface area contributed by atoms with Crippen LogP contribution in [0.1, 0.15) is 91.4 Å². The van der Waals surface area contributed by atoms with Crippen LogP contribution >= 0.6 is 0 Å². The maximum Gasteiger partial charge on any atom is 0.233 e. The van der Waals surface area contributed by atoms with Crippen molar-refractivity contribution in [1.82, 2.24) is 10.2 Å². The summed E-state index contributed by atoms with van der Waals surface area (Å²) in [6, 6.07) is 11.9. The van der Waals surface area contributed by atoms with Gasteiger partial charge in [-0.25, -0.2) is 0 Å². The van der Waals surface area contributed by atoms with Crippen molar-refractivity contribution in [1.29, 1.82) is 0 Å². The highest BCUT2D eigenvalue weighted by Gasteiger charge is 2.04. The summed E-state index contributed by atoms with van der Waals surface area (Å²) in [7, 11) is 0. The van der Waals surface area contributed by atoms with Gasteiger partial charge in [-0.2, -0.15) is 0 Å². The summed E-state index contributed by atoms with van der Waals surface area (Å²) in [4.78, 5) is 0. The van der Waals surface area contributed by atoms with Gasteiger partial charge in [0.25, 0.3) is 0 Å². The van der Waals surface area contributed by atoms with E-state index >= 15 is 0 Å². The molecule has 2 aromatic rings. The predicted octanol–water partition coefficient (Wildman–Crippen LogP) is 7.87. The molecule has 4 heteroatoms. The molecule has 2 rings (SSSR count). The van der Waals surface area contributed by atoms with Gasteiger partial charge in [-0.05, 0) is 42.7 Å². The van der Waals surface area contributed by atoms with E-state index in [-0.39, 0.29) is 0 Å². The van der Waals surface area contributed by atoms with Crippen molar-refractivity contribution in [2.45, 2.75) is 91.4 Å². The summed E-state index contributed by atoms with van der Waals surface area (Å²) in [5, 5.41) is 8.55.